The van der Waals surface area contributed by atoms with Gasteiger partial charge < -0.3 is 15.2 Å². The van der Waals surface area contributed by atoms with E-state index < -0.39 is 11.4 Å². The summed E-state index contributed by atoms with van der Waals surface area (Å²) in [6.07, 6.45) is -0.213. The minimum atomic E-state index is -1.23. The molecular weight excluding hydrogens is 258 g/mol. The van der Waals surface area contributed by atoms with Crippen molar-refractivity contribution in [3.8, 4) is 0 Å². The van der Waals surface area contributed by atoms with Gasteiger partial charge in [0.05, 0.1) is 11.5 Å². The lowest BCUT2D eigenvalue weighted by molar-refractivity contribution is -0.145. The minimum Gasteiger partial charge on any atom is -0.481 e. The number of hydrogen-bond acceptors (Lipinski definition) is 3. The van der Waals surface area contributed by atoms with E-state index in [1.807, 2.05) is 13.0 Å². The molecule has 1 amide bonds. The summed E-state index contributed by atoms with van der Waals surface area (Å²) in [6, 6.07) is 8.79. The van der Waals surface area contributed by atoms with E-state index in [4.69, 9.17) is 4.74 Å². The van der Waals surface area contributed by atoms with Crippen molar-refractivity contribution in [2.24, 2.45) is 0 Å². The fourth-order valence-corrected chi connectivity index (χ4v) is 1.83. The van der Waals surface area contributed by atoms with E-state index in [0.717, 1.165) is 0 Å². The Labute approximate surface area is 118 Å². The van der Waals surface area contributed by atoms with E-state index in [-0.39, 0.29) is 18.4 Å². The Morgan fingerprint density at radius 1 is 1.35 bits per heavy atom. The molecule has 2 atom stereocenters. The number of amides is 1. The summed E-state index contributed by atoms with van der Waals surface area (Å²) in [7, 11) is 1.56. The first-order valence-electron chi connectivity index (χ1n) is 6.48. The zero-order valence-corrected chi connectivity index (χ0v) is 12.1. The molecule has 1 rings (SSSR count). The molecule has 0 saturated heterocycles. The Morgan fingerprint density at radius 3 is 2.45 bits per heavy atom. The highest BCUT2D eigenvalue weighted by Gasteiger charge is 2.37. The van der Waals surface area contributed by atoms with Crippen LogP contribution < -0.4 is 5.32 Å². The van der Waals surface area contributed by atoms with Gasteiger partial charge in [-0.25, -0.2) is 0 Å². The lowest BCUT2D eigenvalue weighted by Crippen LogP contribution is -2.40. The fraction of sp³-hybridized carbons (Fsp3) is 0.467. The van der Waals surface area contributed by atoms with Gasteiger partial charge in [-0.15, -0.1) is 0 Å². The third-order valence-corrected chi connectivity index (χ3v) is 3.39. The van der Waals surface area contributed by atoms with Gasteiger partial charge in [0.2, 0.25) is 5.91 Å². The number of carboxylic acids is 1. The molecule has 5 nitrogen and oxygen atoms in total. The highest BCUT2D eigenvalue weighted by atomic mass is 16.5. The maximum atomic E-state index is 11.9. The number of aliphatic carboxylic acids is 1. The van der Waals surface area contributed by atoms with Crippen LogP contribution in [0, 0.1) is 0 Å². The molecule has 0 saturated carbocycles. The smallest absolute Gasteiger partial charge is 0.314 e. The van der Waals surface area contributed by atoms with E-state index in [9.17, 15) is 14.7 Å². The zero-order valence-electron chi connectivity index (χ0n) is 12.1. The van der Waals surface area contributed by atoms with Gasteiger partial charge in [0, 0.05) is 20.1 Å². The Kier molecular flexibility index (Phi) is 5.70. The number of carbonyl (C=O) groups excluding carboxylic acids is 1. The predicted molar refractivity (Wildman–Crippen MR) is 75.5 cm³/mol. The minimum absolute atomic E-state index is 0.105. The summed E-state index contributed by atoms with van der Waals surface area (Å²) in [4.78, 5) is 23.5. The number of carbonyl (C=O) groups is 2. The summed E-state index contributed by atoms with van der Waals surface area (Å²) >= 11 is 0. The zero-order chi connectivity index (χ0) is 15.2. The number of benzene rings is 1. The summed E-state index contributed by atoms with van der Waals surface area (Å²) in [5.41, 5.74) is -0.621. The molecule has 20 heavy (non-hydrogen) atoms. The standard InChI is InChI=1S/C15H21NO4/c1-11(20-3)10-16-13(17)9-15(2,14(18)19)12-7-5-4-6-8-12/h4-8,11H,9-10H2,1-3H3,(H,16,17)(H,18,19). The van der Waals surface area contributed by atoms with Crippen LogP contribution in [-0.4, -0.2) is 36.7 Å². The maximum Gasteiger partial charge on any atom is 0.314 e. The van der Waals surface area contributed by atoms with Crippen molar-refractivity contribution in [1.82, 2.24) is 5.32 Å². The van der Waals surface area contributed by atoms with Crippen molar-refractivity contribution in [2.75, 3.05) is 13.7 Å². The van der Waals surface area contributed by atoms with Gasteiger partial charge in [-0.3, -0.25) is 9.59 Å². The molecule has 0 heterocycles. The number of hydrogen-bond donors (Lipinski definition) is 2. The molecule has 2 unspecified atom stereocenters. The second-order valence-electron chi connectivity index (χ2n) is 5.03. The van der Waals surface area contributed by atoms with E-state index in [2.05, 4.69) is 5.32 Å². The highest BCUT2D eigenvalue weighted by Crippen LogP contribution is 2.27. The Bertz CT molecular complexity index is 460. The lowest BCUT2D eigenvalue weighted by atomic mass is 9.79. The highest BCUT2D eigenvalue weighted by molar-refractivity contribution is 5.89. The van der Waals surface area contributed by atoms with Crippen molar-refractivity contribution in [2.45, 2.75) is 31.8 Å². The summed E-state index contributed by atoms with van der Waals surface area (Å²) in [5.74, 6) is -1.32. The van der Waals surface area contributed by atoms with Gasteiger partial charge >= 0.3 is 5.97 Å². The molecule has 1 aromatic rings. The van der Waals surface area contributed by atoms with Gasteiger partial charge in [0.1, 0.15) is 0 Å². The second-order valence-corrected chi connectivity index (χ2v) is 5.03. The van der Waals surface area contributed by atoms with Crippen molar-refractivity contribution >= 4 is 11.9 Å². The van der Waals surface area contributed by atoms with Gasteiger partial charge in [0.25, 0.3) is 0 Å². The lowest BCUT2D eigenvalue weighted by Gasteiger charge is -2.25. The Hall–Kier alpha value is -1.88. The van der Waals surface area contributed by atoms with Gasteiger partial charge in [-0.2, -0.15) is 0 Å². The first-order valence-corrected chi connectivity index (χ1v) is 6.48. The van der Waals surface area contributed by atoms with E-state index >= 15 is 0 Å². The molecule has 110 valence electrons. The van der Waals surface area contributed by atoms with E-state index in [1.54, 1.807) is 38.3 Å². The van der Waals surface area contributed by atoms with Gasteiger partial charge in [0.15, 0.2) is 0 Å². The van der Waals surface area contributed by atoms with Crippen LogP contribution in [0.2, 0.25) is 0 Å². The summed E-state index contributed by atoms with van der Waals surface area (Å²) in [5, 5.41) is 12.1. The first-order chi connectivity index (χ1) is 9.40. The normalized spacial score (nSPS) is 15.2. The summed E-state index contributed by atoms with van der Waals surface area (Å²) in [6.45, 7) is 3.75. The monoisotopic (exact) mass is 279 g/mol. The van der Waals surface area contributed by atoms with Crippen LogP contribution in [0.15, 0.2) is 30.3 Å². The quantitative estimate of drug-likeness (QED) is 0.794. The molecule has 0 radical (unpaired) electrons. The van der Waals surface area contributed by atoms with E-state index in [0.29, 0.717) is 12.1 Å². The average Bonchev–Trinajstić information content (AvgIpc) is 2.45. The Morgan fingerprint density at radius 2 is 1.95 bits per heavy atom. The topological polar surface area (TPSA) is 75.6 Å². The fourth-order valence-electron chi connectivity index (χ4n) is 1.83. The number of nitrogens with one attached hydrogen (secondary N) is 1. The van der Waals surface area contributed by atoms with Crippen molar-refractivity contribution in [1.29, 1.82) is 0 Å². The maximum absolute atomic E-state index is 11.9. The molecule has 0 aliphatic heterocycles. The van der Waals surface area contributed by atoms with Crippen molar-refractivity contribution < 1.29 is 19.4 Å². The van der Waals surface area contributed by atoms with Crippen LogP contribution in [0.4, 0.5) is 0 Å². The second kappa shape index (κ2) is 7.05. The molecule has 2 N–H and O–H groups in total. The molecule has 0 bridgehead atoms. The number of methoxy groups -OCH3 is 1. The molecule has 1 aromatic carbocycles. The molecule has 0 fully saturated rings. The SMILES string of the molecule is COC(C)CNC(=O)CC(C)(C(=O)O)c1ccccc1. The third kappa shape index (κ3) is 4.06. The van der Waals surface area contributed by atoms with Crippen LogP contribution in [-0.2, 0) is 19.7 Å². The number of carboxylic acid groups (broad SMARTS) is 1. The summed E-state index contributed by atoms with van der Waals surface area (Å²) < 4.78 is 5.03. The van der Waals surface area contributed by atoms with Gasteiger partial charge in [-0.05, 0) is 19.4 Å². The van der Waals surface area contributed by atoms with Crippen LogP contribution in [0.3, 0.4) is 0 Å². The molecular formula is C15H21NO4. The van der Waals surface area contributed by atoms with Crippen molar-refractivity contribution in [3.63, 3.8) is 0 Å². The van der Waals surface area contributed by atoms with Crippen LogP contribution >= 0.6 is 0 Å². The van der Waals surface area contributed by atoms with Gasteiger partial charge in [-0.1, -0.05) is 30.3 Å². The Balaban J connectivity index is 2.78. The van der Waals surface area contributed by atoms with E-state index in [1.165, 1.54) is 0 Å². The number of rotatable bonds is 7. The van der Waals surface area contributed by atoms with Crippen molar-refractivity contribution in [3.05, 3.63) is 35.9 Å². The molecule has 0 aromatic heterocycles. The largest absolute Gasteiger partial charge is 0.481 e. The molecule has 0 spiro atoms. The molecule has 0 aliphatic carbocycles. The van der Waals surface area contributed by atoms with Crippen LogP contribution in [0.25, 0.3) is 0 Å². The van der Waals surface area contributed by atoms with Crippen LogP contribution in [0.5, 0.6) is 0 Å². The predicted octanol–water partition coefficient (Wildman–Crippen LogP) is 1.57. The number of ether oxygens (including phenoxy) is 1. The third-order valence-electron chi connectivity index (χ3n) is 3.39. The van der Waals surface area contributed by atoms with Crippen LogP contribution in [0.1, 0.15) is 25.8 Å². The first kappa shape index (κ1) is 16.2. The molecule has 5 heteroatoms. The average molecular weight is 279 g/mol. The molecule has 0 aliphatic rings.